The third-order valence-corrected chi connectivity index (χ3v) is 6.15. The lowest BCUT2D eigenvalue weighted by molar-refractivity contribution is -0.276. The maximum absolute atomic E-state index is 14.5. The zero-order chi connectivity index (χ0) is 23.5. The summed E-state index contributed by atoms with van der Waals surface area (Å²) < 4.78 is 57.4. The van der Waals surface area contributed by atoms with Crippen LogP contribution >= 0.6 is 0 Å². The molecule has 3 aromatic rings. The van der Waals surface area contributed by atoms with Gasteiger partial charge in [0.15, 0.2) is 17.2 Å². The zero-order valence-corrected chi connectivity index (χ0v) is 17.3. The normalized spacial score (nSPS) is 22.2. The molecule has 3 aromatic carbocycles. The number of phenolic OH excluding ortho intramolecular Hbond substituents is 1. The summed E-state index contributed by atoms with van der Waals surface area (Å²) in [4.78, 5) is 0. The number of halogens is 4. The number of nitrogens with zero attached hydrogens (tertiary/aromatic N) is 1. The largest absolute Gasteiger partial charge is 0.505 e. The van der Waals surface area contributed by atoms with E-state index in [1.165, 1.54) is 13.8 Å². The van der Waals surface area contributed by atoms with Crippen LogP contribution in [0.3, 0.4) is 0 Å². The predicted molar refractivity (Wildman–Crippen MR) is 112 cm³/mol. The monoisotopic (exact) mass is 444 g/mol. The summed E-state index contributed by atoms with van der Waals surface area (Å²) in [6.45, 7) is 2.78. The first-order chi connectivity index (χ1) is 14.9. The molecular formula is C24H20F4N2O2. The first-order valence-electron chi connectivity index (χ1n) is 9.90. The molecule has 0 aromatic heterocycles. The molecule has 3 N–H and O–H groups in total. The van der Waals surface area contributed by atoms with Crippen LogP contribution in [-0.2, 0) is 5.41 Å². The molecule has 32 heavy (non-hydrogen) atoms. The molecule has 4 rings (SSSR count). The number of hydrogen-bond acceptors (Lipinski definition) is 4. The van der Waals surface area contributed by atoms with Gasteiger partial charge in [-0.25, -0.2) is 4.39 Å². The van der Waals surface area contributed by atoms with Crippen LogP contribution in [0.1, 0.15) is 43.0 Å². The Hall–Kier alpha value is -3.31. The number of aromatic hydroxyl groups is 1. The highest BCUT2D eigenvalue weighted by atomic mass is 19.4. The van der Waals surface area contributed by atoms with Crippen LogP contribution in [0.4, 0.5) is 23.2 Å². The van der Waals surface area contributed by atoms with Gasteiger partial charge < -0.3 is 15.5 Å². The Morgan fingerprint density at radius 2 is 1.78 bits per heavy atom. The summed E-state index contributed by atoms with van der Waals surface area (Å²) in [6, 6.07) is 12.8. The molecule has 1 aliphatic rings. The summed E-state index contributed by atoms with van der Waals surface area (Å²) in [5.41, 5.74) is -5.21. The highest BCUT2D eigenvalue weighted by Gasteiger charge is 2.64. The third-order valence-electron chi connectivity index (χ3n) is 6.15. The molecule has 8 heteroatoms. The zero-order valence-electron chi connectivity index (χ0n) is 17.3. The Balaban J connectivity index is 2.02. The van der Waals surface area contributed by atoms with E-state index in [9.17, 15) is 33.0 Å². The molecule has 0 bridgehead atoms. The molecule has 0 saturated heterocycles. The Morgan fingerprint density at radius 1 is 1.12 bits per heavy atom. The number of aliphatic hydroxyl groups is 1. The first-order valence-corrected chi connectivity index (χ1v) is 9.90. The SMILES string of the molecule is CC1(C)CC(O)(C(F)(F)F)C(Nc2cccc3ccccc23)c2cc(C#N)c(F)c(O)c21. The second-order valence-corrected chi connectivity index (χ2v) is 8.75. The third kappa shape index (κ3) is 3.16. The number of anilines is 1. The van der Waals surface area contributed by atoms with Crippen molar-refractivity contribution in [3.05, 3.63) is 71.0 Å². The molecule has 0 fully saturated rings. The molecule has 0 saturated carbocycles. The van der Waals surface area contributed by atoms with Gasteiger partial charge in [-0.2, -0.15) is 18.4 Å². The number of phenols is 1. The summed E-state index contributed by atoms with van der Waals surface area (Å²) in [7, 11) is 0. The van der Waals surface area contributed by atoms with Crippen molar-refractivity contribution in [1.29, 1.82) is 5.26 Å². The summed E-state index contributed by atoms with van der Waals surface area (Å²) >= 11 is 0. The number of nitrogens with one attached hydrogen (secondary N) is 1. The van der Waals surface area contributed by atoms with Crippen molar-refractivity contribution in [3.8, 4) is 11.8 Å². The van der Waals surface area contributed by atoms with E-state index in [1.807, 2.05) is 0 Å². The number of nitriles is 1. The fourth-order valence-electron chi connectivity index (χ4n) is 4.77. The number of fused-ring (bicyclic) bond motifs is 2. The first kappa shape index (κ1) is 21.9. The Bertz CT molecular complexity index is 1260. The average molecular weight is 444 g/mol. The quantitative estimate of drug-likeness (QED) is 0.444. The number of benzene rings is 3. The van der Waals surface area contributed by atoms with Gasteiger partial charge in [0.1, 0.15) is 6.07 Å². The van der Waals surface area contributed by atoms with E-state index in [0.717, 1.165) is 11.5 Å². The Morgan fingerprint density at radius 3 is 2.44 bits per heavy atom. The van der Waals surface area contributed by atoms with E-state index in [0.29, 0.717) is 11.1 Å². The van der Waals surface area contributed by atoms with Crippen LogP contribution in [0.2, 0.25) is 0 Å². The van der Waals surface area contributed by atoms with Gasteiger partial charge in [-0.05, 0) is 34.9 Å². The lowest BCUT2D eigenvalue weighted by atomic mass is 9.63. The second-order valence-electron chi connectivity index (χ2n) is 8.75. The predicted octanol–water partition coefficient (Wildman–Crippen LogP) is 5.68. The van der Waals surface area contributed by atoms with Gasteiger partial charge in [0.05, 0.1) is 11.6 Å². The minimum absolute atomic E-state index is 0.0688. The van der Waals surface area contributed by atoms with E-state index < -0.39 is 46.8 Å². The molecule has 0 spiro atoms. The van der Waals surface area contributed by atoms with Gasteiger partial charge in [-0.1, -0.05) is 50.2 Å². The Labute approximate surface area is 181 Å². The molecular weight excluding hydrogens is 424 g/mol. The van der Waals surface area contributed by atoms with Gasteiger partial charge >= 0.3 is 6.18 Å². The maximum atomic E-state index is 14.5. The molecule has 2 atom stereocenters. The van der Waals surface area contributed by atoms with Crippen LogP contribution in [0.15, 0.2) is 48.5 Å². The average Bonchev–Trinajstić information content (AvgIpc) is 2.71. The van der Waals surface area contributed by atoms with Crippen molar-refractivity contribution < 1.29 is 27.8 Å². The van der Waals surface area contributed by atoms with Crippen LogP contribution < -0.4 is 5.32 Å². The van der Waals surface area contributed by atoms with Gasteiger partial charge in [-0.15, -0.1) is 0 Å². The molecule has 0 radical (unpaired) electrons. The lowest BCUT2D eigenvalue weighted by Crippen LogP contribution is -2.58. The van der Waals surface area contributed by atoms with Crippen molar-refractivity contribution in [2.24, 2.45) is 0 Å². The van der Waals surface area contributed by atoms with Crippen molar-refractivity contribution in [3.63, 3.8) is 0 Å². The second kappa shape index (κ2) is 7.10. The standard InChI is InChI=1S/C24H20F4N2O2/c1-22(2)12-23(32,24(26,27)28)21(16-10-14(11-29)19(25)20(31)18(16)22)30-17-9-5-7-13-6-3-4-8-15(13)17/h3-10,21,30-32H,12H2,1-2H3. The fourth-order valence-corrected chi connectivity index (χ4v) is 4.77. The van der Waals surface area contributed by atoms with Crippen LogP contribution in [0.5, 0.6) is 5.75 Å². The van der Waals surface area contributed by atoms with E-state index >= 15 is 0 Å². The van der Waals surface area contributed by atoms with Gasteiger partial charge in [-0.3, -0.25) is 0 Å². The van der Waals surface area contributed by atoms with Gasteiger partial charge in [0.25, 0.3) is 0 Å². The van der Waals surface area contributed by atoms with E-state index in [2.05, 4.69) is 5.32 Å². The molecule has 4 nitrogen and oxygen atoms in total. The molecule has 1 aliphatic carbocycles. The van der Waals surface area contributed by atoms with Crippen LogP contribution in [0.25, 0.3) is 10.8 Å². The maximum Gasteiger partial charge on any atom is 0.419 e. The van der Waals surface area contributed by atoms with E-state index in [4.69, 9.17) is 0 Å². The number of rotatable bonds is 2. The smallest absolute Gasteiger partial charge is 0.419 e. The van der Waals surface area contributed by atoms with E-state index in [-0.39, 0.29) is 11.1 Å². The highest BCUT2D eigenvalue weighted by Crippen LogP contribution is 2.57. The summed E-state index contributed by atoms with van der Waals surface area (Å²) in [5, 5.41) is 35.0. The van der Waals surface area contributed by atoms with Crippen molar-refractivity contribution in [1.82, 2.24) is 0 Å². The molecule has 0 aliphatic heterocycles. The van der Waals surface area contributed by atoms with Crippen molar-refractivity contribution in [2.45, 2.75) is 43.5 Å². The van der Waals surface area contributed by atoms with E-state index in [1.54, 1.807) is 48.5 Å². The number of alkyl halides is 3. The topological polar surface area (TPSA) is 76.3 Å². The summed E-state index contributed by atoms with van der Waals surface area (Å²) in [5.74, 6) is -2.07. The van der Waals surface area contributed by atoms with Crippen LogP contribution in [-0.4, -0.2) is 22.0 Å². The van der Waals surface area contributed by atoms with Crippen LogP contribution in [0, 0.1) is 17.1 Å². The summed E-state index contributed by atoms with van der Waals surface area (Å²) in [6.07, 6.45) is -5.88. The Kier molecular flexibility index (Phi) is 4.86. The number of hydrogen-bond donors (Lipinski definition) is 3. The minimum Gasteiger partial charge on any atom is -0.505 e. The minimum atomic E-state index is -5.05. The van der Waals surface area contributed by atoms with Crippen molar-refractivity contribution >= 4 is 16.5 Å². The van der Waals surface area contributed by atoms with Gasteiger partial charge in [0, 0.05) is 16.6 Å². The molecule has 2 unspecified atom stereocenters. The lowest BCUT2D eigenvalue weighted by Gasteiger charge is -2.49. The van der Waals surface area contributed by atoms with Crippen molar-refractivity contribution in [2.75, 3.05) is 5.32 Å². The highest BCUT2D eigenvalue weighted by molar-refractivity contribution is 5.94. The fraction of sp³-hybridized carbons (Fsp3) is 0.292. The van der Waals surface area contributed by atoms with Gasteiger partial charge in [0.2, 0.25) is 0 Å². The molecule has 166 valence electrons. The molecule has 0 amide bonds. The molecule has 0 heterocycles.